The number of carbonyl (C=O) groups excluding carboxylic acids is 2. The summed E-state index contributed by atoms with van der Waals surface area (Å²) < 4.78 is 1.86. The number of benzene rings is 1. The SMILES string of the molecule is CCn1cc(-c2cccc(CC(=O)Nc3cc(N4CC[C@@](C#N)(C5CC5)C4=O)ccn3)c2)cn1. The first-order valence-corrected chi connectivity index (χ1v) is 11.6. The fourth-order valence-electron chi connectivity index (χ4n) is 4.71. The minimum atomic E-state index is -0.897. The van der Waals surface area contributed by atoms with Crippen molar-refractivity contribution in [2.24, 2.45) is 11.3 Å². The van der Waals surface area contributed by atoms with Gasteiger partial charge in [-0.25, -0.2) is 4.98 Å². The zero-order valence-electron chi connectivity index (χ0n) is 19.1. The molecule has 1 aliphatic carbocycles. The molecule has 1 atom stereocenters. The topological polar surface area (TPSA) is 104 Å². The van der Waals surface area contributed by atoms with E-state index in [1.54, 1.807) is 23.2 Å². The van der Waals surface area contributed by atoms with Gasteiger partial charge in [-0.2, -0.15) is 10.4 Å². The van der Waals surface area contributed by atoms with Gasteiger partial charge in [0.2, 0.25) is 11.8 Å². The smallest absolute Gasteiger partial charge is 0.247 e. The van der Waals surface area contributed by atoms with Gasteiger partial charge in [0.25, 0.3) is 0 Å². The van der Waals surface area contributed by atoms with Crippen LogP contribution in [0.4, 0.5) is 11.5 Å². The third-order valence-corrected chi connectivity index (χ3v) is 6.74. The maximum Gasteiger partial charge on any atom is 0.247 e. The molecule has 0 spiro atoms. The fraction of sp³-hybridized carbons (Fsp3) is 0.346. The number of nitrogens with zero attached hydrogens (tertiary/aromatic N) is 5. The van der Waals surface area contributed by atoms with Crippen LogP contribution < -0.4 is 10.2 Å². The molecule has 172 valence electrons. The summed E-state index contributed by atoms with van der Waals surface area (Å²) in [7, 11) is 0. The van der Waals surface area contributed by atoms with Gasteiger partial charge in [0.05, 0.1) is 18.7 Å². The molecule has 8 heteroatoms. The fourth-order valence-corrected chi connectivity index (χ4v) is 4.71. The minimum Gasteiger partial charge on any atom is -0.311 e. The molecule has 1 aliphatic heterocycles. The van der Waals surface area contributed by atoms with Gasteiger partial charge in [-0.1, -0.05) is 24.3 Å². The van der Waals surface area contributed by atoms with Crippen LogP contribution in [-0.4, -0.2) is 33.1 Å². The molecule has 0 bridgehead atoms. The van der Waals surface area contributed by atoms with Crippen LogP contribution >= 0.6 is 0 Å². The number of hydrogen-bond acceptors (Lipinski definition) is 5. The van der Waals surface area contributed by atoms with Gasteiger partial charge in [-0.05, 0) is 49.3 Å². The summed E-state index contributed by atoms with van der Waals surface area (Å²) in [6.45, 7) is 3.34. The lowest BCUT2D eigenvalue weighted by Crippen LogP contribution is -2.35. The van der Waals surface area contributed by atoms with Crippen molar-refractivity contribution in [2.75, 3.05) is 16.8 Å². The molecule has 2 amide bonds. The maximum absolute atomic E-state index is 13.1. The minimum absolute atomic E-state index is 0.135. The first-order valence-electron chi connectivity index (χ1n) is 11.6. The molecule has 0 unspecified atom stereocenters. The summed E-state index contributed by atoms with van der Waals surface area (Å²) >= 11 is 0. The number of nitriles is 1. The molecule has 2 aromatic heterocycles. The number of carbonyl (C=O) groups is 2. The molecule has 2 fully saturated rings. The lowest BCUT2D eigenvalue weighted by Gasteiger charge is -2.21. The largest absolute Gasteiger partial charge is 0.311 e. The highest BCUT2D eigenvalue weighted by atomic mass is 16.2. The number of anilines is 2. The van der Waals surface area contributed by atoms with Crippen molar-refractivity contribution in [3.63, 3.8) is 0 Å². The Hall–Kier alpha value is -3.99. The van der Waals surface area contributed by atoms with Crippen molar-refractivity contribution in [2.45, 2.75) is 39.2 Å². The highest BCUT2D eigenvalue weighted by Crippen LogP contribution is 2.51. The molecule has 34 heavy (non-hydrogen) atoms. The number of pyridine rings is 1. The van der Waals surface area contributed by atoms with Crippen molar-refractivity contribution in [1.82, 2.24) is 14.8 Å². The van der Waals surface area contributed by atoms with Crippen molar-refractivity contribution in [3.8, 4) is 17.2 Å². The van der Waals surface area contributed by atoms with Gasteiger partial charge in [-0.15, -0.1) is 0 Å². The van der Waals surface area contributed by atoms with Crippen LogP contribution in [0.25, 0.3) is 11.1 Å². The van der Waals surface area contributed by atoms with Crippen LogP contribution in [0.3, 0.4) is 0 Å². The second kappa shape index (κ2) is 8.75. The lowest BCUT2D eigenvalue weighted by molar-refractivity contribution is -0.123. The Balaban J connectivity index is 1.27. The predicted molar refractivity (Wildman–Crippen MR) is 128 cm³/mol. The van der Waals surface area contributed by atoms with Crippen molar-refractivity contribution < 1.29 is 9.59 Å². The van der Waals surface area contributed by atoms with E-state index in [9.17, 15) is 14.9 Å². The number of aryl methyl sites for hydroxylation is 1. The van der Waals surface area contributed by atoms with Crippen LogP contribution in [0.15, 0.2) is 55.0 Å². The molecule has 0 radical (unpaired) electrons. The van der Waals surface area contributed by atoms with Crippen LogP contribution in [0, 0.1) is 22.7 Å². The summed E-state index contributed by atoms with van der Waals surface area (Å²) in [5.74, 6) is 0.229. The average molecular weight is 455 g/mol. The Morgan fingerprint density at radius 2 is 2.12 bits per heavy atom. The summed E-state index contributed by atoms with van der Waals surface area (Å²) in [6, 6.07) is 13.6. The molecule has 8 nitrogen and oxygen atoms in total. The molecule has 1 aromatic carbocycles. The molecule has 2 aliphatic rings. The first kappa shape index (κ1) is 21.8. The van der Waals surface area contributed by atoms with E-state index >= 15 is 0 Å². The van der Waals surface area contributed by atoms with Crippen molar-refractivity contribution in [1.29, 1.82) is 5.26 Å². The Bertz CT molecular complexity index is 1290. The van der Waals surface area contributed by atoms with E-state index in [-0.39, 0.29) is 24.2 Å². The predicted octanol–water partition coefficient (Wildman–Crippen LogP) is 3.80. The average Bonchev–Trinajstić information content (AvgIpc) is 3.48. The summed E-state index contributed by atoms with van der Waals surface area (Å²) in [5, 5.41) is 16.9. The Morgan fingerprint density at radius 3 is 2.85 bits per heavy atom. The molecule has 5 rings (SSSR count). The zero-order chi connectivity index (χ0) is 23.7. The van der Waals surface area contributed by atoms with E-state index in [1.165, 1.54) is 0 Å². The lowest BCUT2D eigenvalue weighted by atomic mass is 9.83. The monoisotopic (exact) mass is 454 g/mol. The molecular weight excluding hydrogens is 428 g/mol. The van der Waals surface area contributed by atoms with Gasteiger partial charge in [0.15, 0.2) is 0 Å². The van der Waals surface area contributed by atoms with Crippen molar-refractivity contribution in [3.05, 3.63) is 60.6 Å². The van der Waals surface area contributed by atoms with Crippen LogP contribution in [0.2, 0.25) is 0 Å². The van der Waals surface area contributed by atoms with Crippen LogP contribution in [-0.2, 0) is 22.6 Å². The number of rotatable bonds is 7. The van der Waals surface area contributed by atoms with Gasteiger partial charge in [0, 0.05) is 42.8 Å². The van der Waals surface area contributed by atoms with Gasteiger partial charge in [-0.3, -0.25) is 14.3 Å². The Labute approximate surface area is 198 Å². The van der Waals surface area contributed by atoms with Gasteiger partial charge in [0.1, 0.15) is 11.2 Å². The van der Waals surface area contributed by atoms with Gasteiger partial charge >= 0.3 is 0 Å². The molecule has 1 saturated carbocycles. The van der Waals surface area contributed by atoms with Crippen LogP contribution in [0.5, 0.6) is 0 Å². The molecule has 1 saturated heterocycles. The Morgan fingerprint density at radius 1 is 1.26 bits per heavy atom. The van der Waals surface area contributed by atoms with Crippen molar-refractivity contribution >= 4 is 23.3 Å². The standard InChI is InChI=1S/C26H26N6O2/c1-2-31-16-20(15-29-31)19-5-3-4-18(12-19)13-24(33)30-23-14-22(8-10-28-23)32-11-9-26(17-27,25(32)34)21-6-7-21/h3-5,8,10,12,14-16,21H,2,6-7,9,11,13H2,1H3,(H,28,30,33)/t26-/m1/s1. The Kier molecular flexibility index (Phi) is 5.62. The first-order chi connectivity index (χ1) is 16.5. The molecular formula is C26H26N6O2. The second-order valence-electron chi connectivity index (χ2n) is 8.97. The summed E-state index contributed by atoms with van der Waals surface area (Å²) in [6.07, 6.45) is 8.00. The van der Waals surface area contributed by atoms with E-state index in [4.69, 9.17) is 0 Å². The van der Waals surface area contributed by atoms with E-state index in [0.717, 1.165) is 36.1 Å². The quantitative estimate of drug-likeness (QED) is 0.585. The normalized spacial score (nSPS) is 19.8. The van der Waals surface area contributed by atoms with Gasteiger partial charge < -0.3 is 10.2 Å². The number of amides is 2. The van der Waals surface area contributed by atoms with E-state index in [1.807, 2.05) is 48.3 Å². The maximum atomic E-state index is 13.1. The third-order valence-electron chi connectivity index (χ3n) is 6.74. The van der Waals surface area contributed by atoms with E-state index in [2.05, 4.69) is 21.5 Å². The third kappa shape index (κ3) is 4.05. The molecule has 3 aromatic rings. The van der Waals surface area contributed by atoms with E-state index < -0.39 is 5.41 Å². The zero-order valence-corrected chi connectivity index (χ0v) is 19.1. The van der Waals surface area contributed by atoms with Crippen LogP contribution in [0.1, 0.15) is 31.7 Å². The summed E-state index contributed by atoms with van der Waals surface area (Å²) in [5.41, 5.74) is 2.66. The molecule has 3 heterocycles. The molecule has 1 N–H and O–H groups in total. The second-order valence-corrected chi connectivity index (χ2v) is 8.97. The highest BCUT2D eigenvalue weighted by molar-refractivity contribution is 6.02. The van der Waals surface area contributed by atoms with E-state index in [0.29, 0.717) is 24.5 Å². The number of aromatic nitrogens is 3. The number of nitrogens with one attached hydrogen (secondary N) is 1. The number of hydrogen-bond donors (Lipinski definition) is 1. The summed E-state index contributed by atoms with van der Waals surface area (Å²) in [4.78, 5) is 31.7. The highest BCUT2D eigenvalue weighted by Gasteiger charge is 2.56.